The molecule has 1 amide bonds. The number of amides is 1. The minimum Gasteiger partial charge on any atom is -0.493 e. The number of thiazole rings is 1. The van der Waals surface area contributed by atoms with Crippen LogP contribution in [0.5, 0.6) is 5.75 Å². The van der Waals surface area contributed by atoms with Crippen molar-refractivity contribution in [2.75, 3.05) is 19.0 Å². The monoisotopic (exact) mass is 389 g/mol. The molecule has 0 saturated carbocycles. The van der Waals surface area contributed by atoms with E-state index in [4.69, 9.17) is 22.1 Å². The number of hydrogen-bond acceptors (Lipinski definition) is 5. The largest absolute Gasteiger partial charge is 0.493 e. The van der Waals surface area contributed by atoms with Crippen molar-refractivity contribution in [3.8, 4) is 5.75 Å². The van der Waals surface area contributed by atoms with Crippen LogP contribution < -0.4 is 15.8 Å². The molecular formula is C13H13BrClN3O2S. The van der Waals surface area contributed by atoms with E-state index in [0.29, 0.717) is 39.6 Å². The maximum atomic E-state index is 12.2. The summed E-state index contributed by atoms with van der Waals surface area (Å²) in [7, 11) is 1.52. The highest BCUT2D eigenvalue weighted by atomic mass is 79.9. The first-order valence-corrected chi connectivity index (χ1v) is 8.09. The summed E-state index contributed by atoms with van der Waals surface area (Å²) in [6, 6.07) is 3.31. The standard InChI is InChI=1S/C13H13BrClN3O2S/c1-20-12-8(14)4-7(15)5-9(12)18-13(19)10-6-21-11(17-10)2-3-16/h4-6H,2-3,16H2,1H3,(H,18,19). The van der Waals surface area contributed by atoms with Gasteiger partial charge >= 0.3 is 0 Å². The van der Waals surface area contributed by atoms with E-state index in [1.165, 1.54) is 18.4 Å². The molecule has 0 saturated heterocycles. The van der Waals surface area contributed by atoms with Crippen molar-refractivity contribution in [2.24, 2.45) is 5.73 Å². The molecule has 1 aromatic heterocycles. The van der Waals surface area contributed by atoms with Gasteiger partial charge in [0.05, 0.1) is 22.3 Å². The van der Waals surface area contributed by atoms with E-state index in [-0.39, 0.29) is 5.91 Å². The number of carbonyl (C=O) groups is 1. The second kappa shape index (κ2) is 7.22. The van der Waals surface area contributed by atoms with Gasteiger partial charge in [0.1, 0.15) is 5.69 Å². The number of ether oxygens (including phenoxy) is 1. The number of aromatic nitrogens is 1. The van der Waals surface area contributed by atoms with Crippen LogP contribution >= 0.6 is 38.9 Å². The van der Waals surface area contributed by atoms with Crippen LogP contribution in [0.3, 0.4) is 0 Å². The lowest BCUT2D eigenvalue weighted by molar-refractivity contribution is 0.102. The zero-order chi connectivity index (χ0) is 15.4. The van der Waals surface area contributed by atoms with Gasteiger partial charge in [-0.2, -0.15) is 0 Å². The number of benzene rings is 1. The average molecular weight is 391 g/mol. The van der Waals surface area contributed by atoms with Crippen LogP contribution in [0.4, 0.5) is 5.69 Å². The summed E-state index contributed by atoms with van der Waals surface area (Å²) in [5.74, 6) is 0.187. The summed E-state index contributed by atoms with van der Waals surface area (Å²) in [4.78, 5) is 16.4. The normalized spacial score (nSPS) is 10.5. The van der Waals surface area contributed by atoms with Gasteiger partial charge in [-0.1, -0.05) is 11.6 Å². The lowest BCUT2D eigenvalue weighted by Gasteiger charge is -2.11. The zero-order valence-corrected chi connectivity index (χ0v) is 14.3. The molecule has 112 valence electrons. The highest BCUT2D eigenvalue weighted by Gasteiger charge is 2.15. The topological polar surface area (TPSA) is 77.2 Å². The number of hydrogen-bond donors (Lipinski definition) is 2. The van der Waals surface area contributed by atoms with Crippen LogP contribution in [0.15, 0.2) is 22.0 Å². The molecule has 0 fully saturated rings. The molecule has 0 aliphatic rings. The van der Waals surface area contributed by atoms with E-state index in [9.17, 15) is 4.79 Å². The Morgan fingerprint density at radius 3 is 3.00 bits per heavy atom. The number of rotatable bonds is 5. The van der Waals surface area contributed by atoms with E-state index >= 15 is 0 Å². The molecule has 0 aliphatic heterocycles. The number of nitrogens with one attached hydrogen (secondary N) is 1. The summed E-state index contributed by atoms with van der Waals surface area (Å²) >= 11 is 10.7. The lowest BCUT2D eigenvalue weighted by Crippen LogP contribution is -2.13. The first-order chi connectivity index (χ1) is 10.0. The first-order valence-electron chi connectivity index (χ1n) is 6.04. The Morgan fingerprint density at radius 1 is 1.57 bits per heavy atom. The summed E-state index contributed by atoms with van der Waals surface area (Å²) in [5.41, 5.74) is 6.30. The van der Waals surface area contributed by atoms with Crippen molar-refractivity contribution in [1.29, 1.82) is 0 Å². The minimum absolute atomic E-state index is 0.318. The van der Waals surface area contributed by atoms with Gasteiger partial charge in [0.15, 0.2) is 5.75 Å². The molecule has 2 aromatic rings. The van der Waals surface area contributed by atoms with Gasteiger partial charge in [-0.25, -0.2) is 4.98 Å². The molecule has 21 heavy (non-hydrogen) atoms. The predicted octanol–water partition coefficient (Wildman–Crippen LogP) is 3.32. The Kier molecular flexibility index (Phi) is 5.58. The van der Waals surface area contributed by atoms with Crippen LogP contribution in [0.1, 0.15) is 15.5 Å². The van der Waals surface area contributed by atoms with Gasteiger partial charge in [-0.05, 0) is 34.6 Å². The molecule has 0 radical (unpaired) electrons. The molecule has 0 aliphatic carbocycles. The predicted molar refractivity (Wildman–Crippen MR) is 88.5 cm³/mol. The molecular weight excluding hydrogens is 378 g/mol. The highest BCUT2D eigenvalue weighted by molar-refractivity contribution is 9.10. The van der Waals surface area contributed by atoms with Gasteiger partial charge in [-0.3, -0.25) is 4.79 Å². The third-order valence-electron chi connectivity index (χ3n) is 2.60. The summed E-state index contributed by atoms with van der Waals surface area (Å²) in [6.07, 6.45) is 0.657. The number of nitrogens with two attached hydrogens (primary N) is 1. The van der Waals surface area contributed by atoms with Crippen molar-refractivity contribution in [2.45, 2.75) is 6.42 Å². The van der Waals surface area contributed by atoms with E-state index in [1.54, 1.807) is 17.5 Å². The Balaban J connectivity index is 2.22. The van der Waals surface area contributed by atoms with Crippen molar-refractivity contribution in [3.05, 3.63) is 37.7 Å². The van der Waals surface area contributed by atoms with Gasteiger partial charge in [-0.15, -0.1) is 11.3 Å². The summed E-state index contributed by atoms with van der Waals surface area (Å²) < 4.78 is 5.92. The molecule has 0 spiro atoms. The smallest absolute Gasteiger partial charge is 0.275 e. The van der Waals surface area contributed by atoms with Crippen molar-refractivity contribution < 1.29 is 9.53 Å². The minimum atomic E-state index is -0.318. The highest BCUT2D eigenvalue weighted by Crippen LogP contribution is 2.36. The Morgan fingerprint density at radius 2 is 2.33 bits per heavy atom. The van der Waals surface area contributed by atoms with E-state index in [1.807, 2.05) is 0 Å². The van der Waals surface area contributed by atoms with E-state index < -0.39 is 0 Å². The average Bonchev–Trinajstić information content (AvgIpc) is 2.87. The Hall–Kier alpha value is -1.15. The van der Waals surface area contributed by atoms with Crippen LogP contribution in [0.25, 0.3) is 0 Å². The molecule has 0 unspecified atom stereocenters. The second-order valence-electron chi connectivity index (χ2n) is 4.09. The number of carbonyl (C=O) groups excluding carboxylic acids is 1. The Labute approximate surface area is 139 Å². The first kappa shape index (κ1) is 16.2. The van der Waals surface area contributed by atoms with Gasteiger partial charge in [0.25, 0.3) is 5.91 Å². The number of anilines is 1. The number of halogens is 2. The molecule has 0 bridgehead atoms. The van der Waals surface area contributed by atoms with Gasteiger partial charge in [0.2, 0.25) is 0 Å². The molecule has 8 heteroatoms. The van der Waals surface area contributed by atoms with Gasteiger partial charge < -0.3 is 15.8 Å². The maximum absolute atomic E-state index is 12.2. The summed E-state index contributed by atoms with van der Waals surface area (Å²) in [6.45, 7) is 0.504. The van der Waals surface area contributed by atoms with Crippen LogP contribution in [-0.4, -0.2) is 24.5 Å². The number of nitrogens with zero attached hydrogens (tertiary/aromatic N) is 1. The fraction of sp³-hybridized carbons (Fsp3) is 0.231. The third kappa shape index (κ3) is 3.94. The van der Waals surface area contributed by atoms with Crippen LogP contribution in [0.2, 0.25) is 5.02 Å². The quantitative estimate of drug-likeness (QED) is 0.821. The molecule has 2 rings (SSSR count). The Bertz CT molecular complexity index is 663. The second-order valence-corrected chi connectivity index (χ2v) is 6.32. The maximum Gasteiger partial charge on any atom is 0.275 e. The summed E-state index contributed by atoms with van der Waals surface area (Å²) in [5, 5.41) is 5.77. The number of methoxy groups -OCH3 is 1. The molecule has 5 nitrogen and oxygen atoms in total. The van der Waals surface area contributed by atoms with Crippen molar-refractivity contribution in [1.82, 2.24) is 4.98 Å². The zero-order valence-electron chi connectivity index (χ0n) is 11.2. The van der Waals surface area contributed by atoms with Crippen LogP contribution in [0, 0.1) is 0 Å². The van der Waals surface area contributed by atoms with Gasteiger partial charge in [0, 0.05) is 16.8 Å². The van der Waals surface area contributed by atoms with Crippen molar-refractivity contribution in [3.63, 3.8) is 0 Å². The fourth-order valence-corrected chi connectivity index (χ4v) is 3.47. The molecule has 1 aromatic carbocycles. The van der Waals surface area contributed by atoms with Crippen molar-refractivity contribution >= 4 is 50.5 Å². The van der Waals surface area contributed by atoms with Crippen LogP contribution in [-0.2, 0) is 6.42 Å². The van der Waals surface area contributed by atoms with E-state index in [2.05, 4.69) is 26.2 Å². The third-order valence-corrected chi connectivity index (χ3v) is 4.32. The fourth-order valence-electron chi connectivity index (χ4n) is 1.70. The van der Waals surface area contributed by atoms with E-state index in [0.717, 1.165) is 5.01 Å². The molecule has 0 atom stereocenters. The SMILES string of the molecule is COc1c(Br)cc(Cl)cc1NC(=O)c1csc(CCN)n1. The lowest BCUT2D eigenvalue weighted by atomic mass is 10.3. The molecule has 3 N–H and O–H groups in total. The molecule has 1 heterocycles.